The highest BCUT2D eigenvalue weighted by Crippen LogP contribution is 2.06. The molecule has 2 N–H and O–H groups in total. The molecule has 0 saturated heterocycles. The molecule has 1 heterocycles. The predicted octanol–water partition coefficient (Wildman–Crippen LogP) is 1.88. The lowest BCUT2D eigenvalue weighted by atomic mass is 10.2. The van der Waals surface area contributed by atoms with Crippen LogP contribution in [0.4, 0.5) is 4.39 Å². The molecule has 1 aromatic carbocycles. The smallest absolute Gasteiger partial charge is 0.199 e. The van der Waals surface area contributed by atoms with E-state index in [1.165, 1.54) is 12.1 Å². The number of halogens is 1. The summed E-state index contributed by atoms with van der Waals surface area (Å²) in [6.07, 6.45) is 2.77. The Morgan fingerprint density at radius 1 is 1.41 bits per heavy atom. The van der Waals surface area contributed by atoms with Gasteiger partial charge >= 0.3 is 0 Å². The number of nitrogens with zero attached hydrogens (tertiary/aromatic N) is 2. The number of hydrogen-bond donors (Lipinski definition) is 2. The Balaban J connectivity index is 1.94. The first-order valence-corrected chi connectivity index (χ1v) is 5.33. The van der Waals surface area contributed by atoms with Crippen molar-refractivity contribution >= 4 is 5.71 Å². The summed E-state index contributed by atoms with van der Waals surface area (Å²) in [5, 5.41) is 13.6. The molecule has 0 spiro atoms. The summed E-state index contributed by atoms with van der Waals surface area (Å²) < 4.78 is 12.7. The van der Waals surface area contributed by atoms with E-state index in [2.05, 4.69) is 10.3 Å². The van der Waals surface area contributed by atoms with Crippen molar-refractivity contribution in [1.82, 2.24) is 10.4 Å². The van der Waals surface area contributed by atoms with Gasteiger partial charge in [0.25, 0.3) is 0 Å². The van der Waals surface area contributed by atoms with Crippen LogP contribution in [0.25, 0.3) is 0 Å². The van der Waals surface area contributed by atoms with Gasteiger partial charge in [0, 0.05) is 18.5 Å². The van der Waals surface area contributed by atoms with E-state index in [0.29, 0.717) is 6.54 Å². The number of rotatable bonds is 3. The molecule has 4 nitrogen and oxygen atoms in total. The number of hydrogen-bond acceptors (Lipinski definition) is 4. The van der Waals surface area contributed by atoms with Gasteiger partial charge in [0.15, 0.2) is 6.29 Å². The van der Waals surface area contributed by atoms with Crippen LogP contribution in [-0.2, 0) is 6.54 Å². The summed E-state index contributed by atoms with van der Waals surface area (Å²) in [7, 11) is 0. The fourth-order valence-corrected chi connectivity index (χ4v) is 1.51. The third kappa shape index (κ3) is 3.12. The number of allylic oxidation sites excluding steroid dienone is 1. The molecule has 0 aromatic heterocycles. The number of benzene rings is 1. The molecule has 0 radical (unpaired) electrons. The second-order valence-corrected chi connectivity index (χ2v) is 3.85. The van der Waals surface area contributed by atoms with Gasteiger partial charge < -0.3 is 0 Å². The van der Waals surface area contributed by atoms with Crippen molar-refractivity contribution in [3.63, 3.8) is 0 Å². The highest BCUT2D eigenvalue weighted by molar-refractivity contribution is 5.93. The first-order chi connectivity index (χ1) is 8.15. The van der Waals surface area contributed by atoms with Crippen LogP contribution in [0, 0.1) is 5.82 Å². The number of hydroxylamine groups is 2. The van der Waals surface area contributed by atoms with E-state index in [1.807, 2.05) is 6.92 Å². The molecule has 1 aromatic rings. The normalized spacial score (nSPS) is 19.4. The van der Waals surface area contributed by atoms with E-state index >= 15 is 0 Å². The summed E-state index contributed by atoms with van der Waals surface area (Å²) in [6.45, 7) is 2.36. The van der Waals surface area contributed by atoms with E-state index in [1.54, 1.807) is 24.4 Å². The second-order valence-electron chi connectivity index (χ2n) is 3.85. The van der Waals surface area contributed by atoms with Gasteiger partial charge in [-0.2, -0.15) is 0 Å². The minimum absolute atomic E-state index is 0.257. The minimum Gasteiger partial charge on any atom is -0.286 e. The Hall–Kier alpha value is -1.72. The molecule has 0 bridgehead atoms. The van der Waals surface area contributed by atoms with Gasteiger partial charge in [0.2, 0.25) is 0 Å². The Morgan fingerprint density at radius 2 is 2.12 bits per heavy atom. The Kier molecular flexibility index (Phi) is 3.51. The first-order valence-electron chi connectivity index (χ1n) is 5.33. The molecule has 1 aliphatic rings. The van der Waals surface area contributed by atoms with Crippen LogP contribution in [0.1, 0.15) is 12.5 Å². The lowest BCUT2D eigenvalue weighted by molar-refractivity contribution is -0.0884. The van der Waals surface area contributed by atoms with Crippen LogP contribution >= 0.6 is 0 Å². The molecule has 0 fully saturated rings. The van der Waals surface area contributed by atoms with Crippen LogP contribution in [0.15, 0.2) is 41.5 Å². The lowest BCUT2D eigenvalue weighted by Gasteiger charge is -2.25. The van der Waals surface area contributed by atoms with Gasteiger partial charge in [0.1, 0.15) is 5.82 Å². The zero-order valence-electron chi connectivity index (χ0n) is 9.47. The molecular weight excluding hydrogens is 221 g/mol. The zero-order chi connectivity index (χ0) is 12.3. The zero-order valence-corrected chi connectivity index (χ0v) is 9.47. The van der Waals surface area contributed by atoms with Gasteiger partial charge in [-0.15, -0.1) is 0 Å². The monoisotopic (exact) mass is 235 g/mol. The maximum absolute atomic E-state index is 12.7. The topological polar surface area (TPSA) is 47.9 Å². The minimum atomic E-state index is -0.495. The molecule has 1 atom stereocenters. The van der Waals surface area contributed by atoms with Crippen LogP contribution in [-0.4, -0.2) is 22.3 Å². The van der Waals surface area contributed by atoms with Crippen molar-refractivity contribution in [1.29, 1.82) is 0 Å². The van der Waals surface area contributed by atoms with Gasteiger partial charge in [-0.25, -0.2) is 14.4 Å². The van der Waals surface area contributed by atoms with Crippen molar-refractivity contribution in [2.24, 2.45) is 4.99 Å². The van der Waals surface area contributed by atoms with Crippen molar-refractivity contribution in [3.8, 4) is 0 Å². The molecule has 0 saturated carbocycles. The Labute approximate surface area is 99.0 Å². The summed E-state index contributed by atoms with van der Waals surface area (Å²) in [5.41, 5.74) is 1.77. The van der Waals surface area contributed by atoms with E-state index < -0.39 is 6.29 Å². The molecule has 1 unspecified atom stereocenters. The fourth-order valence-electron chi connectivity index (χ4n) is 1.51. The van der Waals surface area contributed by atoms with E-state index in [0.717, 1.165) is 16.3 Å². The predicted molar refractivity (Wildman–Crippen MR) is 62.9 cm³/mol. The molecule has 0 amide bonds. The summed E-state index contributed by atoms with van der Waals surface area (Å²) in [4.78, 5) is 4.22. The largest absolute Gasteiger partial charge is 0.286 e. The SMILES string of the molecule is CC1=NC(NCc2ccc(F)cc2)N(O)C=C1. The Bertz CT molecular complexity index is 442. The third-order valence-electron chi connectivity index (χ3n) is 2.45. The second kappa shape index (κ2) is 5.07. The van der Waals surface area contributed by atoms with Crippen LogP contribution < -0.4 is 5.32 Å². The van der Waals surface area contributed by atoms with Crippen molar-refractivity contribution < 1.29 is 9.60 Å². The molecule has 5 heteroatoms. The van der Waals surface area contributed by atoms with Gasteiger partial charge in [-0.3, -0.25) is 10.5 Å². The standard InChI is InChI=1S/C12H14FN3O/c1-9-6-7-16(17)12(15-9)14-8-10-2-4-11(13)5-3-10/h2-7,12,14,17H,8H2,1H3. The third-order valence-corrected chi connectivity index (χ3v) is 2.45. The maximum atomic E-state index is 12.7. The number of aliphatic imine (C=N–C) groups is 1. The highest BCUT2D eigenvalue weighted by atomic mass is 19.1. The van der Waals surface area contributed by atoms with Crippen LogP contribution in [0.5, 0.6) is 0 Å². The van der Waals surface area contributed by atoms with Crippen molar-refractivity contribution in [2.45, 2.75) is 19.8 Å². The van der Waals surface area contributed by atoms with E-state index in [-0.39, 0.29) is 5.82 Å². The Morgan fingerprint density at radius 3 is 2.82 bits per heavy atom. The molecular formula is C12H14FN3O. The maximum Gasteiger partial charge on any atom is 0.199 e. The fraction of sp³-hybridized carbons (Fsp3) is 0.250. The van der Waals surface area contributed by atoms with Crippen LogP contribution in [0.2, 0.25) is 0 Å². The number of nitrogens with one attached hydrogen (secondary N) is 1. The van der Waals surface area contributed by atoms with Crippen LogP contribution in [0.3, 0.4) is 0 Å². The summed E-state index contributed by atoms with van der Waals surface area (Å²) in [5.74, 6) is -0.257. The molecule has 90 valence electrons. The molecule has 2 rings (SSSR count). The molecule has 1 aliphatic heterocycles. The van der Waals surface area contributed by atoms with E-state index in [9.17, 15) is 9.60 Å². The quantitative estimate of drug-likeness (QED) is 0.841. The van der Waals surface area contributed by atoms with Gasteiger partial charge in [-0.1, -0.05) is 12.1 Å². The van der Waals surface area contributed by atoms with Crippen molar-refractivity contribution in [3.05, 3.63) is 47.9 Å². The van der Waals surface area contributed by atoms with Crippen molar-refractivity contribution in [2.75, 3.05) is 0 Å². The highest BCUT2D eigenvalue weighted by Gasteiger charge is 2.14. The molecule has 0 aliphatic carbocycles. The summed E-state index contributed by atoms with van der Waals surface area (Å²) >= 11 is 0. The van der Waals surface area contributed by atoms with Gasteiger partial charge in [-0.05, 0) is 30.7 Å². The average Bonchev–Trinajstić information content (AvgIpc) is 2.32. The first kappa shape index (κ1) is 11.8. The van der Waals surface area contributed by atoms with E-state index in [4.69, 9.17) is 0 Å². The van der Waals surface area contributed by atoms with Gasteiger partial charge in [0.05, 0.1) is 0 Å². The average molecular weight is 235 g/mol. The summed E-state index contributed by atoms with van der Waals surface area (Å²) in [6, 6.07) is 6.20. The molecule has 17 heavy (non-hydrogen) atoms. The lowest BCUT2D eigenvalue weighted by Crippen LogP contribution is -2.41.